The van der Waals surface area contributed by atoms with Crippen LogP contribution < -0.4 is 0 Å². The third-order valence-electron chi connectivity index (χ3n) is 1.95. The van der Waals surface area contributed by atoms with Gasteiger partial charge in [-0.15, -0.1) is 0 Å². The Morgan fingerprint density at radius 1 is 1.31 bits per heavy atom. The summed E-state index contributed by atoms with van der Waals surface area (Å²) in [6.45, 7) is 1.92. The van der Waals surface area contributed by atoms with Crippen LogP contribution in [0.3, 0.4) is 0 Å². The molecule has 0 saturated heterocycles. The number of hydrogen-bond acceptors (Lipinski definition) is 2. The summed E-state index contributed by atoms with van der Waals surface area (Å²) in [5, 5.41) is 10.8. The molecular weight excluding hydrogens is 186 g/mol. The zero-order valence-electron chi connectivity index (χ0n) is 7.08. The molecular formula is C10H8ClNO. The standard InChI is InChI=1S/C10H8ClNO/c1-6-2-7-3-8(13)5-12-10(7)4-9(6)11/h2-5,13H,1H3. The molecule has 0 unspecified atom stereocenters. The molecule has 0 bridgehead atoms. The SMILES string of the molecule is Cc1cc2cc(O)cnc2cc1Cl. The lowest BCUT2D eigenvalue weighted by Crippen LogP contribution is -1.81. The zero-order valence-corrected chi connectivity index (χ0v) is 7.84. The fourth-order valence-corrected chi connectivity index (χ4v) is 1.41. The Morgan fingerprint density at radius 2 is 2.08 bits per heavy atom. The molecule has 0 atom stereocenters. The predicted octanol–water partition coefficient (Wildman–Crippen LogP) is 2.90. The van der Waals surface area contributed by atoms with Gasteiger partial charge < -0.3 is 5.11 Å². The van der Waals surface area contributed by atoms with Crippen LogP contribution in [-0.4, -0.2) is 10.1 Å². The third kappa shape index (κ3) is 1.45. The van der Waals surface area contributed by atoms with Crippen LogP contribution in [0.4, 0.5) is 0 Å². The maximum atomic E-state index is 9.19. The van der Waals surface area contributed by atoms with E-state index in [2.05, 4.69) is 4.98 Å². The lowest BCUT2D eigenvalue weighted by Gasteiger charge is -2.01. The fourth-order valence-electron chi connectivity index (χ4n) is 1.25. The highest BCUT2D eigenvalue weighted by Crippen LogP contribution is 2.24. The number of fused-ring (bicyclic) bond motifs is 1. The maximum absolute atomic E-state index is 9.19. The van der Waals surface area contributed by atoms with Crippen LogP contribution in [0.5, 0.6) is 5.75 Å². The Bertz CT molecular complexity index is 468. The van der Waals surface area contributed by atoms with Gasteiger partial charge in [-0.3, -0.25) is 4.98 Å². The van der Waals surface area contributed by atoms with Crippen LogP contribution in [-0.2, 0) is 0 Å². The second-order valence-corrected chi connectivity index (χ2v) is 3.39. The van der Waals surface area contributed by atoms with E-state index < -0.39 is 0 Å². The van der Waals surface area contributed by atoms with Gasteiger partial charge in [0.25, 0.3) is 0 Å². The Hall–Kier alpha value is -1.28. The van der Waals surface area contributed by atoms with Crippen LogP contribution in [0.25, 0.3) is 10.9 Å². The van der Waals surface area contributed by atoms with Crippen LogP contribution in [0, 0.1) is 6.92 Å². The van der Waals surface area contributed by atoms with Crippen molar-refractivity contribution in [2.24, 2.45) is 0 Å². The summed E-state index contributed by atoms with van der Waals surface area (Å²) in [5.41, 5.74) is 1.79. The average Bonchev–Trinajstić information content (AvgIpc) is 2.08. The summed E-state index contributed by atoms with van der Waals surface area (Å²) in [4.78, 5) is 4.05. The molecule has 0 fully saturated rings. The van der Waals surface area contributed by atoms with E-state index in [4.69, 9.17) is 11.6 Å². The second-order valence-electron chi connectivity index (χ2n) is 2.99. The smallest absolute Gasteiger partial charge is 0.134 e. The molecule has 0 aliphatic rings. The van der Waals surface area contributed by atoms with Crippen molar-refractivity contribution in [2.75, 3.05) is 0 Å². The second kappa shape index (κ2) is 2.89. The topological polar surface area (TPSA) is 33.1 Å². The normalized spacial score (nSPS) is 10.6. The van der Waals surface area contributed by atoms with Crippen LogP contribution >= 0.6 is 11.6 Å². The van der Waals surface area contributed by atoms with Gasteiger partial charge in [-0.05, 0) is 30.7 Å². The molecule has 0 aliphatic heterocycles. The Kier molecular flexibility index (Phi) is 1.85. The minimum atomic E-state index is 0.175. The van der Waals surface area contributed by atoms with E-state index >= 15 is 0 Å². The van der Waals surface area contributed by atoms with Crippen molar-refractivity contribution >= 4 is 22.5 Å². The number of pyridine rings is 1. The van der Waals surface area contributed by atoms with E-state index in [9.17, 15) is 5.11 Å². The van der Waals surface area contributed by atoms with Crippen LogP contribution in [0.1, 0.15) is 5.56 Å². The molecule has 66 valence electrons. The molecule has 2 rings (SSSR count). The van der Waals surface area contributed by atoms with Gasteiger partial charge >= 0.3 is 0 Å². The van der Waals surface area contributed by atoms with Crippen molar-refractivity contribution in [3.63, 3.8) is 0 Å². The summed E-state index contributed by atoms with van der Waals surface area (Å²) < 4.78 is 0. The molecule has 1 aromatic heterocycles. The summed E-state index contributed by atoms with van der Waals surface area (Å²) in [6.07, 6.45) is 1.41. The average molecular weight is 194 g/mol. The van der Waals surface area contributed by atoms with E-state index in [-0.39, 0.29) is 5.75 Å². The van der Waals surface area contributed by atoms with E-state index in [1.165, 1.54) is 6.20 Å². The highest BCUT2D eigenvalue weighted by Gasteiger charge is 2.00. The first-order valence-electron chi connectivity index (χ1n) is 3.92. The minimum absolute atomic E-state index is 0.175. The Balaban J connectivity index is 2.81. The van der Waals surface area contributed by atoms with Gasteiger partial charge in [0.05, 0.1) is 11.7 Å². The number of aryl methyl sites for hydroxylation is 1. The molecule has 0 saturated carbocycles. The van der Waals surface area contributed by atoms with Gasteiger partial charge in [0.15, 0.2) is 0 Å². The van der Waals surface area contributed by atoms with Gasteiger partial charge in [0.2, 0.25) is 0 Å². The third-order valence-corrected chi connectivity index (χ3v) is 2.35. The lowest BCUT2D eigenvalue weighted by atomic mass is 10.1. The van der Waals surface area contributed by atoms with Crippen molar-refractivity contribution < 1.29 is 5.11 Å². The number of aromatic nitrogens is 1. The van der Waals surface area contributed by atoms with Crippen molar-refractivity contribution in [3.8, 4) is 5.75 Å². The summed E-state index contributed by atoms with van der Waals surface area (Å²) in [5.74, 6) is 0.175. The molecule has 3 heteroatoms. The van der Waals surface area contributed by atoms with Crippen molar-refractivity contribution in [1.29, 1.82) is 0 Å². The molecule has 2 aromatic rings. The number of rotatable bonds is 0. The molecule has 1 aromatic carbocycles. The summed E-state index contributed by atoms with van der Waals surface area (Å²) in [6, 6.07) is 5.38. The monoisotopic (exact) mass is 193 g/mol. The van der Waals surface area contributed by atoms with E-state index in [0.717, 1.165) is 16.5 Å². The van der Waals surface area contributed by atoms with Gasteiger partial charge in [0, 0.05) is 10.4 Å². The van der Waals surface area contributed by atoms with Gasteiger partial charge in [0.1, 0.15) is 5.75 Å². The molecule has 0 spiro atoms. The number of nitrogens with zero attached hydrogens (tertiary/aromatic N) is 1. The van der Waals surface area contributed by atoms with E-state index in [1.807, 2.05) is 13.0 Å². The van der Waals surface area contributed by atoms with Gasteiger partial charge in [-0.1, -0.05) is 11.6 Å². The zero-order chi connectivity index (χ0) is 9.42. The van der Waals surface area contributed by atoms with E-state index in [0.29, 0.717) is 5.02 Å². The van der Waals surface area contributed by atoms with Crippen LogP contribution in [0.2, 0.25) is 5.02 Å². The Labute approximate surface area is 80.8 Å². The first-order chi connectivity index (χ1) is 6.16. The number of halogens is 1. The first kappa shape index (κ1) is 8.32. The largest absolute Gasteiger partial charge is 0.506 e. The maximum Gasteiger partial charge on any atom is 0.134 e. The molecule has 1 heterocycles. The van der Waals surface area contributed by atoms with Gasteiger partial charge in [-0.25, -0.2) is 0 Å². The highest BCUT2D eigenvalue weighted by atomic mass is 35.5. The van der Waals surface area contributed by atoms with Crippen molar-refractivity contribution in [2.45, 2.75) is 6.92 Å². The molecule has 0 aliphatic carbocycles. The fraction of sp³-hybridized carbons (Fsp3) is 0.100. The molecule has 1 N–H and O–H groups in total. The lowest BCUT2D eigenvalue weighted by molar-refractivity contribution is 0.474. The number of hydrogen-bond donors (Lipinski definition) is 1. The van der Waals surface area contributed by atoms with Gasteiger partial charge in [-0.2, -0.15) is 0 Å². The molecule has 0 amide bonds. The van der Waals surface area contributed by atoms with Crippen molar-refractivity contribution in [3.05, 3.63) is 35.0 Å². The van der Waals surface area contributed by atoms with E-state index in [1.54, 1.807) is 12.1 Å². The summed E-state index contributed by atoms with van der Waals surface area (Å²) >= 11 is 5.92. The Morgan fingerprint density at radius 3 is 2.85 bits per heavy atom. The number of benzene rings is 1. The predicted molar refractivity (Wildman–Crippen MR) is 53.2 cm³/mol. The number of aromatic hydroxyl groups is 1. The first-order valence-corrected chi connectivity index (χ1v) is 4.29. The quantitative estimate of drug-likeness (QED) is 0.698. The minimum Gasteiger partial charge on any atom is -0.506 e. The molecule has 13 heavy (non-hydrogen) atoms. The van der Waals surface area contributed by atoms with Crippen molar-refractivity contribution in [1.82, 2.24) is 4.98 Å². The highest BCUT2D eigenvalue weighted by molar-refractivity contribution is 6.32. The molecule has 2 nitrogen and oxygen atoms in total. The van der Waals surface area contributed by atoms with Crippen LogP contribution in [0.15, 0.2) is 24.4 Å². The summed E-state index contributed by atoms with van der Waals surface area (Å²) in [7, 11) is 0. The molecule has 0 radical (unpaired) electrons.